The molecule has 2 atom stereocenters. The van der Waals surface area contributed by atoms with Crippen LogP contribution in [0.5, 0.6) is 0 Å². The summed E-state index contributed by atoms with van der Waals surface area (Å²) in [5, 5.41) is 2.90. The first-order valence-electron chi connectivity index (χ1n) is 7.85. The fourth-order valence-corrected chi connectivity index (χ4v) is 2.54. The van der Waals surface area contributed by atoms with Crippen molar-refractivity contribution < 1.29 is 18.7 Å². The van der Waals surface area contributed by atoms with Crippen molar-refractivity contribution in [1.29, 1.82) is 0 Å². The molecule has 0 radical (unpaired) electrons. The summed E-state index contributed by atoms with van der Waals surface area (Å²) in [5.74, 6) is 0.602. The molecule has 23 heavy (non-hydrogen) atoms. The van der Waals surface area contributed by atoms with Crippen LogP contribution in [-0.2, 0) is 9.53 Å². The molecule has 1 fully saturated rings. The Bertz CT molecular complexity index is 548. The zero-order valence-corrected chi connectivity index (χ0v) is 14.3. The number of carbonyl (C=O) groups is 2. The van der Waals surface area contributed by atoms with Crippen LogP contribution in [0.15, 0.2) is 17.0 Å². The number of nitrogens with zero attached hydrogens (tertiary/aromatic N) is 2. The van der Waals surface area contributed by atoms with Gasteiger partial charge in [-0.3, -0.25) is 9.69 Å². The van der Waals surface area contributed by atoms with E-state index in [1.165, 1.54) is 11.3 Å². The molecule has 2 amide bonds. The van der Waals surface area contributed by atoms with Crippen LogP contribution >= 0.6 is 0 Å². The van der Waals surface area contributed by atoms with E-state index in [1.807, 2.05) is 13.8 Å². The lowest BCUT2D eigenvalue weighted by molar-refractivity contribution is -0.131. The summed E-state index contributed by atoms with van der Waals surface area (Å²) in [7, 11) is 0. The van der Waals surface area contributed by atoms with Gasteiger partial charge in [0.15, 0.2) is 6.39 Å². The predicted molar refractivity (Wildman–Crippen MR) is 83.6 cm³/mol. The Kier molecular flexibility index (Phi) is 4.97. The normalized spacial score (nSPS) is 22.2. The topological polar surface area (TPSA) is 84.7 Å². The summed E-state index contributed by atoms with van der Waals surface area (Å²) in [5.41, 5.74) is -0.616. The molecule has 1 aromatic heterocycles. The quantitative estimate of drug-likeness (QED) is 0.924. The number of carbonyl (C=O) groups excluding carboxylic acids is 2. The number of amides is 2. The van der Waals surface area contributed by atoms with E-state index in [0.29, 0.717) is 18.7 Å². The predicted octanol–water partition coefficient (Wildman–Crippen LogP) is 2.50. The van der Waals surface area contributed by atoms with Gasteiger partial charge in [-0.05, 0) is 33.1 Å². The van der Waals surface area contributed by atoms with E-state index in [0.717, 1.165) is 0 Å². The summed E-state index contributed by atoms with van der Waals surface area (Å²) in [6, 6.07) is -0.954. The molecular formula is C16H25N3O4. The van der Waals surface area contributed by atoms with E-state index >= 15 is 0 Å². The molecule has 7 nitrogen and oxygen atoms in total. The average molecular weight is 323 g/mol. The minimum absolute atomic E-state index is 0.197. The summed E-state index contributed by atoms with van der Waals surface area (Å²) in [4.78, 5) is 30.4. The highest BCUT2D eigenvalue weighted by molar-refractivity contribution is 5.87. The zero-order chi connectivity index (χ0) is 17.2. The van der Waals surface area contributed by atoms with Gasteiger partial charge in [-0.2, -0.15) is 0 Å². The van der Waals surface area contributed by atoms with Crippen LogP contribution in [0.3, 0.4) is 0 Å². The van der Waals surface area contributed by atoms with Gasteiger partial charge in [0.25, 0.3) is 0 Å². The first-order valence-corrected chi connectivity index (χ1v) is 7.85. The Morgan fingerprint density at radius 2 is 2.22 bits per heavy atom. The molecule has 0 saturated carbocycles. The SMILES string of the molecule is CC(C)CC1C(=O)NC(c2cnco2)CN1C(=O)OC(C)(C)C. The standard InChI is InChI=1S/C16H25N3O4/c1-10(2)6-12-14(20)18-11(13-7-17-9-22-13)8-19(12)15(21)23-16(3,4)5/h7,9-12H,6,8H2,1-5H3,(H,18,20). The van der Waals surface area contributed by atoms with Gasteiger partial charge in [0.05, 0.1) is 12.7 Å². The molecule has 7 heteroatoms. The third-order valence-electron chi connectivity index (χ3n) is 3.49. The van der Waals surface area contributed by atoms with Crippen molar-refractivity contribution in [3.8, 4) is 0 Å². The maximum Gasteiger partial charge on any atom is 0.411 e. The molecule has 128 valence electrons. The molecule has 1 N–H and O–H groups in total. The van der Waals surface area contributed by atoms with Crippen molar-refractivity contribution in [2.75, 3.05) is 6.54 Å². The van der Waals surface area contributed by atoms with Crippen LogP contribution in [0.4, 0.5) is 4.79 Å². The van der Waals surface area contributed by atoms with Crippen LogP contribution in [0, 0.1) is 5.92 Å². The average Bonchev–Trinajstić information content (AvgIpc) is 2.92. The summed E-state index contributed by atoms with van der Waals surface area (Å²) >= 11 is 0. The highest BCUT2D eigenvalue weighted by atomic mass is 16.6. The van der Waals surface area contributed by atoms with Gasteiger partial charge in [-0.25, -0.2) is 9.78 Å². The van der Waals surface area contributed by atoms with Gasteiger partial charge in [-0.1, -0.05) is 13.8 Å². The van der Waals surface area contributed by atoms with Gasteiger partial charge in [0.1, 0.15) is 23.4 Å². The maximum atomic E-state index is 12.5. The number of hydrogen-bond donors (Lipinski definition) is 1. The van der Waals surface area contributed by atoms with Crippen LogP contribution in [0.25, 0.3) is 0 Å². The smallest absolute Gasteiger partial charge is 0.411 e. The molecule has 0 spiro atoms. The number of rotatable bonds is 3. The number of oxazole rings is 1. The highest BCUT2D eigenvalue weighted by Gasteiger charge is 2.40. The van der Waals surface area contributed by atoms with Crippen LogP contribution in [0.1, 0.15) is 52.8 Å². The summed E-state index contributed by atoms with van der Waals surface area (Å²) in [6.07, 6.45) is 2.94. The molecule has 2 heterocycles. The second kappa shape index (κ2) is 6.60. The van der Waals surface area contributed by atoms with Gasteiger partial charge in [0.2, 0.25) is 5.91 Å². The highest BCUT2D eigenvalue weighted by Crippen LogP contribution is 2.25. The Balaban J connectivity index is 2.22. The van der Waals surface area contributed by atoms with Crippen molar-refractivity contribution in [2.45, 2.75) is 58.7 Å². The molecule has 1 saturated heterocycles. The molecule has 2 unspecified atom stereocenters. The van der Waals surface area contributed by atoms with E-state index in [1.54, 1.807) is 27.0 Å². The third-order valence-corrected chi connectivity index (χ3v) is 3.49. The van der Waals surface area contributed by atoms with Crippen LogP contribution in [0.2, 0.25) is 0 Å². The lowest BCUT2D eigenvalue weighted by Gasteiger charge is -2.39. The molecule has 0 aromatic carbocycles. The maximum absolute atomic E-state index is 12.5. The number of hydrogen-bond acceptors (Lipinski definition) is 5. The second-order valence-electron chi connectivity index (χ2n) is 7.24. The molecule has 1 aliphatic heterocycles. The first-order chi connectivity index (χ1) is 10.7. The van der Waals surface area contributed by atoms with E-state index in [4.69, 9.17) is 9.15 Å². The minimum Gasteiger partial charge on any atom is -0.446 e. The van der Waals surface area contributed by atoms with E-state index in [-0.39, 0.29) is 11.8 Å². The van der Waals surface area contributed by atoms with E-state index in [2.05, 4.69) is 10.3 Å². The molecular weight excluding hydrogens is 298 g/mol. The van der Waals surface area contributed by atoms with Gasteiger partial charge < -0.3 is 14.5 Å². The number of ether oxygens (including phenoxy) is 1. The van der Waals surface area contributed by atoms with Crippen molar-refractivity contribution >= 4 is 12.0 Å². The molecule has 2 rings (SSSR count). The lowest BCUT2D eigenvalue weighted by Crippen LogP contribution is -2.59. The fraction of sp³-hybridized carbons (Fsp3) is 0.688. The number of nitrogens with one attached hydrogen (secondary N) is 1. The largest absolute Gasteiger partial charge is 0.446 e. The second-order valence-corrected chi connectivity index (χ2v) is 7.24. The van der Waals surface area contributed by atoms with Crippen LogP contribution < -0.4 is 5.32 Å². The van der Waals surface area contributed by atoms with E-state index < -0.39 is 23.8 Å². The van der Waals surface area contributed by atoms with Crippen molar-refractivity contribution in [2.24, 2.45) is 5.92 Å². The number of piperazine rings is 1. The van der Waals surface area contributed by atoms with Gasteiger partial charge >= 0.3 is 6.09 Å². The number of aromatic nitrogens is 1. The van der Waals surface area contributed by atoms with E-state index in [9.17, 15) is 9.59 Å². The first kappa shape index (κ1) is 17.3. The van der Waals surface area contributed by atoms with Crippen molar-refractivity contribution in [3.05, 3.63) is 18.4 Å². The molecule has 0 aliphatic carbocycles. The Morgan fingerprint density at radius 1 is 1.52 bits per heavy atom. The van der Waals surface area contributed by atoms with Gasteiger partial charge in [-0.15, -0.1) is 0 Å². The molecule has 1 aromatic rings. The monoisotopic (exact) mass is 323 g/mol. The molecule has 0 bridgehead atoms. The van der Waals surface area contributed by atoms with Crippen LogP contribution in [-0.4, -0.2) is 40.1 Å². The summed E-state index contributed by atoms with van der Waals surface area (Å²) in [6.45, 7) is 9.75. The Hall–Kier alpha value is -2.05. The molecule has 1 aliphatic rings. The van der Waals surface area contributed by atoms with Gasteiger partial charge in [0, 0.05) is 0 Å². The van der Waals surface area contributed by atoms with Crippen molar-refractivity contribution in [3.63, 3.8) is 0 Å². The van der Waals surface area contributed by atoms with Crippen molar-refractivity contribution in [1.82, 2.24) is 15.2 Å². The summed E-state index contributed by atoms with van der Waals surface area (Å²) < 4.78 is 10.7. The Morgan fingerprint density at radius 3 is 2.74 bits per heavy atom. The minimum atomic E-state index is -0.616. The zero-order valence-electron chi connectivity index (χ0n) is 14.3. The fourth-order valence-electron chi connectivity index (χ4n) is 2.54. The third kappa shape index (κ3) is 4.46. The Labute approximate surface area is 136 Å². The lowest BCUT2D eigenvalue weighted by atomic mass is 9.98.